The highest BCUT2D eigenvalue weighted by Crippen LogP contribution is 2.25. The molecule has 3 rings (SSSR count). The van der Waals surface area contributed by atoms with Gasteiger partial charge in [-0.1, -0.05) is 12.1 Å². The van der Waals surface area contributed by atoms with Crippen molar-refractivity contribution < 1.29 is 13.2 Å². The van der Waals surface area contributed by atoms with Crippen molar-refractivity contribution in [1.29, 1.82) is 0 Å². The fourth-order valence-electron chi connectivity index (χ4n) is 3.28. The lowest BCUT2D eigenvalue weighted by Crippen LogP contribution is -2.39. The van der Waals surface area contributed by atoms with Crippen molar-refractivity contribution >= 4 is 16.0 Å². The van der Waals surface area contributed by atoms with Gasteiger partial charge in [-0.15, -0.1) is 0 Å². The predicted molar refractivity (Wildman–Crippen MR) is 103 cm³/mol. The zero-order chi connectivity index (χ0) is 18.4. The van der Waals surface area contributed by atoms with E-state index in [0.29, 0.717) is 19.6 Å². The summed E-state index contributed by atoms with van der Waals surface area (Å²) >= 11 is 0. The second-order valence-electron chi connectivity index (χ2n) is 6.55. The number of hydrogen-bond donors (Lipinski definition) is 2. The molecular formula is C18H28N4O3S. The largest absolute Gasteiger partial charge is 0.493 e. The van der Waals surface area contributed by atoms with Crippen LogP contribution in [0.4, 0.5) is 0 Å². The lowest BCUT2D eigenvalue weighted by Gasteiger charge is -2.14. The van der Waals surface area contributed by atoms with Crippen molar-refractivity contribution in [2.75, 3.05) is 45.1 Å². The SMILES string of the molecule is CCNC(=NCCN1CCCS1(=O)=O)NCCc1ccc2c(c1)CCO2. The molecule has 2 aliphatic rings. The third kappa shape index (κ3) is 4.88. The average Bonchev–Trinajstić information content (AvgIpc) is 3.20. The second kappa shape index (κ2) is 8.73. The van der Waals surface area contributed by atoms with E-state index >= 15 is 0 Å². The summed E-state index contributed by atoms with van der Waals surface area (Å²) in [4.78, 5) is 4.50. The molecule has 1 aromatic rings. The molecule has 144 valence electrons. The Labute approximate surface area is 155 Å². The zero-order valence-corrected chi connectivity index (χ0v) is 16.1. The van der Waals surface area contributed by atoms with Crippen molar-refractivity contribution in [2.24, 2.45) is 4.99 Å². The number of benzene rings is 1. The van der Waals surface area contributed by atoms with Gasteiger partial charge in [0.1, 0.15) is 5.75 Å². The Morgan fingerprint density at radius 2 is 2.23 bits per heavy atom. The zero-order valence-electron chi connectivity index (χ0n) is 15.3. The number of fused-ring (bicyclic) bond motifs is 1. The highest BCUT2D eigenvalue weighted by atomic mass is 32.2. The van der Waals surface area contributed by atoms with Gasteiger partial charge in [0.15, 0.2) is 5.96 Å². The lowest BCUT2D eigenvalue weighted by atomic mass is 10.1. The summed E-state index contributed by atoms with van der Waals surface area (Å²) in [7, 11) is -3.04. The van der Waals surface area contributed by atoms with Gasteiger partial charge in [-0.3, -0.25) is 4.99 Å². The molecule has 0 aliphatic carbocycles. The molecule has 7 nitrogen and oxygen atoms in total. The van der Waals surface area contributed by atoms with Gasteiger partial charge in [-0.25, -0.2) is 12.7 Å². The van der Waals surface area contributed by atoms with Crippen molar-refractivity contribution in [3.63, 3.8) is 0 Å². The standard InChI is InChI=1S/C18H28N4O3S/c1-2-19-18(21-9-11-22-10-3-13-26(22,23)24)20-8-6-15-4-5-17-16(14-15)7-12-25-17/h4-5,14H,2-3,6-13H2,1H3,(H2,19,20,21). The average molecular weight is 381 g/mol. The maximum Gasteiger partial charge on any atom is 0.214 e. The number of hydrogen-bond acceptors (Lipinski definition) is 4. The Kier molecular flexibility index (Phi) is 6.37. The Balaban J connectivity index is 1.47. The maximum atomic E-state index is 11.8. The van der Waals surface area contributed by atoms with E-state index in [1.165, 1.54) is 15.4 Å². The Bertz CT molecular complexity index is 749. The Morgan fingerprint density at radius 3 is 3.00 bits per heavy atom. The van der Waals surface area contributed by atoms with E-state index in [2.05, 4.69) is 27.8 Å². The minimum absolute atomic E-state index is 0.265. The van der Waals surface area contributed by atoms with E-state index in [1.54, 1.807) is 0 Å². The molecule has 0 spiro atoms. The van der Waals surface area contributed by atoms with E-state index < -0.39 is 10.0 Å². The molecule has 1 saturated heterocycles. The molecule has 1 aromatic carbocycles. The second-order valence-corrected chi connectivity index (χ2v) is 8.64. The topological polar surface area (TPSA) is 83.0 Å². The first-order chi connectivity index (χ1) is 12.6. The number of sulfonamides is 1. The lowest BCUT2D eigenvalue weighted by molar-refractivity contribution is 0.357. The van der Waals surface area contributed by atoms with E-state index in [1.807, 2.05) is 13.0 Å². The highest BCUT2D eigenvalue weighted by Gasteiger charge is 2.27. The molecule has 0 amide bonds. The smallest absolute Gasteiger partial charge is 0.214 e. The molecule has 2 N–H and O–H groups in total. The van der Waals surface area contributed by atoms with Gasteiger partial charge in [0.05, 0.1) is 18.9 Å². The summed E-state index contributed by atoms with van der Waals surface area (Å²) in [5.74, 6) is 2.00. The number of rotatable bonds is 7. The summed E-state index contributed by atoms with van der Waals surface area (Å²) in [6.45, 7) is 5.86. The molecule has 0 bridgehead atoms. The van der Waals surface area contributed by atoms with Gasteiger partial charge < -0.3 is 15.4 Å². The minimum atomic E-state index is -3.04. The van der Waals surface area contributed by atoms with Gasteiger partial charge >= 0.3 is 0 Å². The van der Waals surface area contributed by atoms with E-state index in [0.717, 1.165) is 50.7 Å². The van der Waals surface area contributed by atoms with Crippen LogP contribution >= 0.6 is 0 Å². The summed E-state index contributed by atoms with van der Waals surface area (Å²) < 4.78 is 30.7. The minimum Gasteiger partial charge on any atom is -0.493 e. The molecule has 8 heteroatoms. The summed E-state index contributed by atoms with van der Waals surface area (Å²) in [6, 6.07) is 6.37. The van der Waals surface area contributed by atoms with Crippen LogP contribution in [-0.4, -0.2) is 63.8 Å². The van der Waals surface area contributed by atoms with Crippen LogP contribution in [-0.2, 0) is 22.9 Å². The van der Waals surface area contributed by atoms with Crippen molar-refractivity contribution in [2.45, 2.75) is 26.2 Å². The first-order valence-corrected chi connectivity index (χ1v) is 10.9. The highest BCUT2D eigenvalue weighted by molar-refractivity contribution is 7.89. The maximum absolute atomic E-state index is 11.8. The normalized spacial score (nSPS) is 19.2. The Morgan fingerprint density at radius 1 is 1.35 bits per heavy atom. The molecule has 0 atom stereocenters. The van der Waals surface area contributed by atoms with Crippen LogP contribution in [0.1, 0.15) is 24.5 Å². The van der Waals surface area contributed by atoms with Crippen LogP contribution in [0.15, 0.2) is 23.2 Å². The molecular weight excluding hydrogens is 352 g/mol. The molecule has 0 aromatic heterocycles. The number of nitrogens with zero attached hydrogens (tertiary/aromatic N) is 2. The van der Waals surface area contributed by atoms with Gasteiger partial charge in [0, 0.05) is 32.6 Å². The van der Waals surface area contributed by atoms with Crippen LogP contribution in [0.25, 0.3) is 0 Å². The molecule has 0 unspecified atom stereocenters. The van der Waals surface area contributed by atoms with E-state index in [9.17, 15) is 8.42 Å². The monoisotopic (exact) mass is 380 g/mol. The van der Waals surface area contributed by atoms with Gasteiger partial charge in [0.25, 0.3) is 0 Å². The number of ether oxygens (including phenoxy) is 1. The third-order valence-electron chi connectivity index (χ3n) is 4.63. The summed E-state index contributed by atoms with van der Waals surface area (Å²) in [5, 5.41) is 6.53. The fourth-order valence-corrected chi connectivity index (χ4v) is 4.80. The summed E-state index contributed by atoms with van der Waals surface area (Å²) in [6.07, 6.45) is 2.61. The third-order valence-corrected chi connectivity index (χ3v) is 6.58. The number of guanidine groups is 1. The number of nitrogens with one attached hydrogen (secondary N) is 2. The molecule has 26 heavy (non-hydrogen) atoms. The van der Waals surface area contributed by atoms with Crippen LogP contribution < -0.4 is 15.4 Å². The first-order valence-electron chi connectivity index (χ1n) is 9.33. The quantitative estimate of drug-likeness (QED) is 0.539. The van der Waals surface area contributed by atoms with Crippen LogP contribution in [0.2, 0.25) is 0 Å². The van der Waals surface area contributed by atoms with Crippen molar-refractivity contribution in [3.8, 4) is 5.75 Å². The molecule has 2 aliphatic heterocycles. The van der Waals surface area contributed by atoms with Crippen molar-refractivity contribution in [3.05, 3.63) is 29.3 Å². The van der Waals surface area contributed by atoms with Gasteiger partial charge in [-0.05, 0) is 37.0 Å². The number of aliphatic imine (C=N–C) groups is 1. The van der Waals surface area contributed by atoms with E-state index in [4.69, 9.17) is 4.74 Å². The molecule has 0 radical (unpaired) electrons. The first kappa shape index (κ1) is 19.0. The fraction of sp³-hybridized carbons (Fsp3) is 0.611. The van der Waals surface area contributed by atoms with Crippen molar-refractivity contribution in [1.82, 2.24) is 14.9 Å². The molecule has 1 fully saturated rings. The van der Waals surface area contributed by atoms with Gasteiger partial charge in [-0.2, -0.15) is 0 Å². The Hall–Kier alpha value is -1.80. The van der Waals surface area contributed by atoms with Gasteiger partial charge in [0.2, 0.25) is 10.0 Å². The predicted octanol–water partition coefficient (Wildman–Crippen LogP) is 0.755. The van der Waals surface area contributed by atoms with E-state index in [-0.39, 0.29) is 5.75 Å². The van der Waals surface area contributed by atoms with Crippen LogP contribution in [0.5, 0.6) is 5.75 Å². The van der Waals surface area contributed by atoms with Crippen LogP contribution in [0.3, 0.4) is 0 Å². The van der Waals surface area contributed by atoms with Crippen LogP contribution in [0, 0.1) is 0 Å². The molecule has 2 heterocycles. The molecule has 0 saturated carbocycles. The summed E-state index contributed by atoms with van der Waals surface area (Å²) in [5.41, 5.74) is 2.57.